The number of nitrogen functional groups attached to an aromatic ring is 1. The van der Waals surface area contributed by atoms with E-state index in [9.17, 15) is 0 Å². The highest BCUT2D eigenvalue weighted by Crippen LogP contribution is 2.30. The van der Waals surface area contributed by atoms with Crippen molar-refractivity contribution in [1.82, 2.24) is 9.97 Å². The second-order valence-electron chi connectivity index (χ2n) is 4.32. The average molecular weight is 281 g/mol. The number of thiophene rings is 1. The van der Waals surface area contributed by atoms with Gasteiger partial charge in [0.25, 0.3) is 0 Å². The molecule has 0 bridgehead atoms. The molecule has 2 heterocycles. The molecule has 0 fully saturated rings. The molecule has 20 heavy (non-hydrogen) atoms. The number of hydrogen-bond acceptors (Lipinski definition) is 6. The van der Waals surface area contributed by atoms with Crippen LogP contribution in [0.15, 0.2) is 30.3 Å². The Balaban J connectivity index is 2.08. The summed E-state index contributed by atoms with van der Waals surface area (Å²) in [7, 11) is 0. The van der Waals surface area contributed by atoms with Crippen LogP contribution in [-0.2, 0) is 0 Å². The third-order valence-corrected chi connectivity index (χ3v) is 3.73. The lowest BCUT2D eigenvalue weighted by molar-refractivity contribution is 1.24. The molecule has 0 radical (unpaired) electrons. The summed E-state index contributed by atoms with van der Waals surface area (Å²) in [6.45, 7) is 2.02. The topological polar surface area (TPSA) is 87.6 Å². The summed E-state index contributed by atoms with van der Waals surface area (Å²) in [5.41, 5.74) is 7.13. The van der Waals surface area contributed by atoms with E-state index in [0.717, 1.165) is 20.8 Å². The third kappa shape index (κ3) is 2.27. The Hall–Kier alpha value is -2.65. The highest BCUT2D eigenvalue weighted by Gasteiger charge is 2.09. The predicted octanol–water partition coefficient (Wildman–Crippen LogP) is 3.20. The molecule has 0 aliphatic rings. The van der Waals surface area contributed by atoms with Crippen molar-refractivity contribution in [1.29, 1.82) is 5.26 Å². The second kappa shape index (κ2) is 4.79. The normalized spacial score (nSPS) is 10.4. The van der Waals surface area contributed by atoms with Crippen molar-refractivity contribution in [2.45, 2.75) is 6.92 Å². The Morgan fingerprint density at radius 3 is 2.95 bits per heavy atom. The molecule has 0 amide bonds. The average Bonchev–Trinajstić information content (AvgIpc) is 2.79. The van der Waals surface area contributed by atoms with Gasteiger partial charge in [-0.1, -0.05) is 6.07 Å². The van der Waals surface area contributed by atoms with Gasteiger partial charge in [0.2, 0.25) is 5.95 Å². The van der Waals surface area contributed by atoms with Gasteiger partial charge < -0.3 is 11.1 Å². The third-order valence-electron chi connectivity index (χ3n) is 2.79. The highest BCUT2D eigenvalue weighted by atomic mass is 32.1. The molecule has 3 aromatic rings. The fraction of sp³-hybridized carbons (Fsp3) is 0.0714. The summed E-state index contributed by atoms with van der Waals surface area (Å²) in [5, 5.41) is 13.1. The monoisotopic (exact) mass is 281 g/mol. The first kappa shape index (κ1) is 12.4. The van der Waals surface area contributed by atoms with Crippen LogP contribution in [0.2, 0.25) is 0 Å². The second-order valence-corrected chi connectivity index (χ2v) is 5.56. The fourth-order valence-corrected chi connectivity index (χ4v) is 2.84. The molecule has 0 aliphatic carbocycles. The van der Waals surface area contributed by atoms with E-state index < -0.39 is 0 Å². The molecule has 5 nitrogen and oxygen atoms in total. The predicted molar refractivity (Wildman–Crippen MR) is 81.0 cm³/mol. The van der Waals surface area contributed by atoms with Gasteiger partial charge in [-0.2, -0.15) is 10.2 Å². The van der Waals surface area contributed by atoms with Gasteiger partial charge in [0, 0.05) is 10.6 Å². The van der Waals surface area contributed by atoms with E-state index in [1.807, 2.05) is 25.1 Å². The van der Waals surface area contributed by atoms with Crippen LogP contribution in [0.25, 0.3) is 10.2 Å². The van der Waals surface area contributed by atoms with Crippen LogP contribution in [0.3, 0.4) is 0 Å². The van der Waals surface area contributed by atoms with Crippen molar-refractivity contribution >= 4 is 39.0 Å². The molecule has 2 aromatic heterocycles. The number of rotatable bonds is 2. The summed E-state index contributed by atoms with van der Waals surface area (Å²) in [6.07, 6.45) is 0. The maximum absolute atomic E-state index is 8.93. The maximum atomic E-state index is 8.93. The van der Waals surface area contributed by atoms with Crippen molar-refractivity contribution in [3.63, 3.8) is 0 Å². The quantitative estimate of drug-likeness (QED) is 0.753. The van der Waals surface area contributed by atoms with Crippen molar-refractivity contribution < 1.29 is 0 Å². The molecular formula is C14H11N5S. The van der Waals surface area contributed by atoms with Crippen LogP contribution in [0, 0.1) is 18.3 Å². The summed E-state index contributed by atoms with van der Waals surface area (Å²) in [6, 6.07) is 11.4. The fourth-order valence-electron chi connectivity index (χ4n) is 1.96. The molecule has 0 aliphatic heterocycles. The number of fused-ring (bicyclic) bond motifs is 1. The largest absolute Gasteiger partial charge is 0.368 e. The number of nitrogens with one attached hydrogen (secondary N) is 1. The molecule has 0 saturated heterocycles. The van der Waals surface area contributed by atoms with Gasteiger partial charge in [-0.25, -0.2) is 4.98 Å². The lowest BCUT2D eigenvalue weighted by atomic mass is 10.2. The van der Waals surface area contributed by atoms with E-state index >= 15 is 0 Å². The molecule has 98 valence electrons. The Morgan fingerprint density at radius 1 is 1.30 bits per heavy atom. The first-order valence-corrected chi connectivity index (χ1v) is 6.78. The molecule has 1 aromatic carbocycles. The standard InChI is InChI=1S/C14H11N5S/c1-8-5-11-12(18-14(16)19-13(11)20-8)17-10-4-2-3-9(6-10)7-15/h2-6H,1H3,(H3,16,17,18,19). The van der Waals surface area contributed by atoms with Crippen molar-refractivity contribution in [3.8, 4) is 6.07 Å². The summed E-state index contributed by atoms with van der Waals surface area (Å²) >= 11 is 1.58. The molecule has 0 saturated carbocycles. The Bertz CT molecular complexity index is 831. The molecule has 0 atom stereocenters. The summed E-state index contributed by atoms with van der Waals surface area (Å²) < 4.78 is 0. The summed E-state index contributed by atoms with van der Waals surface area (Å²) in [5.74, 6) is 0.894. The van der Waals surface area contributed by atoms with E-state index in [0.29, 0.717) is 11.4 Å². The SMILES string of the molecule is Cc1cc2c(Nc3cccc(C#N)c3)nc(N)nc2s1. The van der Waals surface area contributed by atoms with Crippen molar-refractivity contribution in [2.24, 2.45) is 0 Å². The Morgan fingerprint density at radius 2 is 2.15 bits per heavy atom. The van der Waals surface area contributed by atoms with E-state index in [-0.39, 0.29) is 5.95 Å². The van der Waals surface area contributed by atoms with Gasteiger partial charge in [-0.15, -0.1) is 11.3 Å². The number of aryl methyl sites for hydroxylation is 1. The molecule has 0 spiro atoms. The number of benzene rings is 1. The van der Waals surface area contributed by atoms with Gasteiger partial charge in [-0.05, 0) is 31.2 Å². The first-order chi connectivity index (χ1) is 9.65. The summed E-state index contributed by atoms with van der Waals surface area (Å²) in [4.78, 5) is 10.5. The minimum absolute atomic E-state index is 0.235. The van der Waals surface area contributed by atoms with E-state index in [1.165, 1.54) is 0 Å². The van der Waals surface area contributed by atoms with Crippen LogP contribution < -0.4 is 11.1 Å². The number of aromatic nitrogens is 2. The van der Waals surface area contributed by atoms with E-state index in [2.05, 4.69) is 21.4 Å². The van der Waals surface area contributed by atoms with E-state index in [4.69, 9.17) is 11.0 Å². The molecule has 6 heteroatoms. The molecule has 0 unspecified atom stereocenters. The zero-order valence-electron chi connectivity index (χ0n) is 10.7. The number of nitriles is 1. The lowest BCUT2D eigenvalue weighted by Gasteiger charge is -2.07. The highest BCUT2D eigenvalue weighted by molar-refractivity contribution is 7.18. The number of nitrogens with two attached hydrogens (primary N) is 1. The number of nitrogens with zero attached hydrogens (tertiary/aromatic N) is 3. The van der Waals surface area contributed by atoms with Gasteiger partial charge in [0.05, 0.1) is 17.0 Å². The molecule has 3 N–H and O–H groups in total. The number of anilines is 3. The molecule has 3 rings (SSSR count). The lowest BCUT2D eigenvalue weighted by Crippen LogP contribution is -2.00. The van der Waals surface area contributed by atoms with Crippen LogP contribution in [0.4, 0.5) is 17.5 Å². The Kier molecular flexibility index (Phi) is 2.97. The number of hydrogen-bond donors (Lipinski definition) is 2. The van der Waals surface area contributed by atoms with Gasteiger partial charge in [0.15, 0.2) is 0 Å². The maximum Gasteiger partial charge on any atom is 0.223 e. The van der Waals surface area contributed by atoms with Crippen molar-refractivity contribution in [2.75, 3.05) is 11.1 Å². The van der Waals surface area contributed by atoms with Crippen LogP contribution >= 0.6 is 11.3 Å². The zero-order valence-corrected chi connectivity index (χ0v) is 11.5. The van der Waals surface area contributed by atoms with Gasteiger partial charge in [-0.3, -0.25) is 0 Å². The first-order valence-electron chi connectivity index (χ1n) is 5.96. The minimum atomic E-state index is 0.235. The van der Waals surface area contributed by atoms with Crippen LogP contribution in [-0.4, -0.2) is 9.97 Å². The van der Waals surface area contributed by atoms with Crippen LogP contribution in [0.5, 0.6) is 0 Å². The Labute approximate surface area is 119 Å². The van der Waals surface area contributed by atoms with Crippen molar-refractivity contribution in [3.05, 3.63) is 40.8 Å². The smallest absolute Gasteiger partial charge is 0.223 e. The van der Waals surface area contributed by atoms with Crippen LogP contribution in [0.1, 0.15) is 10.4 Å². The van der Waals surface area contributed by atoms with Gasteiger partial charge >= 0.3 is 0 Å². The molecular weight excluding hydrogens is 270 g/mol. The van der Waals surface area contributed by atoms with Gasteiger partial charge in [0.1, 0.15) is 10.6 Å². The minimum Gasteiger partial charge on any atom is -0.368 e. The zero-order chi connectivity index (χ0) is 14.1. The van der Waals surface area contributed by atoms with E-state index in [1.54, 1.807) is 23.5 Å².